The van der Waals surface area contributed by atoms with E-state index in [-0.39, 0.29) is 23.2 Å². The van der Waals surface area contributed by atoms with Crippen molar-refractivity contribution in [1.82, 2.24) is 15.5 Å². The third kappa shape index (κ3) is 6.94. The van der Waals surface area contributed by atoms with Crippen LogP contribution in [0.3, 0.4) is 0 Å². The van der Waals surface area contributed by atoms with Gasteiger partial charge in [-0.1, -0.05) is 12.1 Å². The van der Waals surface area contributed by atoms with Crippen LogP contribution in [0.25, 0.3) is 0 Å². The molecule has 1 aliphatic carbocycles. The minimum absolute atomic E-state index is 0.0734. The second-order valence-electron chi connectivity index (χ2n) is 10.3. The van der Waals surface area contributed by atoms with Crippen molar-refractivity contribution < 1.29 is 18.7 Å². The Labute approximate surface area is 218 Å². The van der Waals surface area contributed by atoms with Crippen molar-refractivity contribution in [2.75, 3.05) is 26.7 Å². The van der Waals surface area contributed by atoms with Gasteiger partial charge in [-0.25, -0.2) is 4.39 Å². The zero-order chi connectivity index (χ0) is 26.4. The van der Waals surface area contributed by atoms with Crippen LogP contribution in [0.1, 0.15) is 66.4 Å². The maximum Gasteiger partial charge on any atom is 0.251 e. The van der Waals surface area contributed by atoms with Gasteiger partial charge in [-0.15, -0.1) is 0 Å². The van der Waals surface area contributed by atoms with Gasteiger partial charge in [0.05, 0.1) is 17.2 Å². The molecule has 1 aliphatic heterocycles. The van der Waals surface area contributed by atoms with E-state index >= 15 is 0 Å². The fourth-order valence-electron chi connectivity index (χ4n) is 4.91. The van der Waals surface area contributed by atoms with Crippen LogP contribution in [-0.2, 0) is 9.53 Å². The number of nitriles is 1. The van der Waals surface area contributed by atoms with Crippen LogP contribution in [0.15, 0.2) is 48.5 Å². The third-order valence-electron chi connectivity index (χ3n) is 7.67. The number of hydrogen-bond donors (Lipinski definition) is 2. The van der Waals surface area contributed by atoms with E-state index in [1.807, 2.05) is 23.1 Å². The Balaban J connectivity index is 1.33. The second-order valence-corrected chi connectivity index (χ2v) is 10.3. The first kappa shape index (κ1) is 26.8. The molecule has 3 atom stereocenters. The molecule has 2 aliphatic rings. The lowest BCUT2D eigenvalue weighted by molar-refractivity contribution is -0.138. The van der Waals surface area contributed by atoms with Gasteiger partial charge in [-0.2, -0.15) is 5.26 Å². The van der Waals surface area contributed by atoms with Crippen LogP contribution >= 0.6 is 0 Å². The molecule has 1 heterocycles. The number of likely N-dealkylation sites (tertiary alicyclic amines) is 1. The number of carbonyl (C=O) groups is 2. The van der Waals surface area contributed by atoms with E-state index < -0.39 is 6.04 Å². The first-order valence-electron chi connectivity index (χ1n) is 13.0. The van der Waals surface area contributed by atoms with Crippen molar-refractivity contribution in [3.63, 3.8) is 0 Å². The van der Waals surface area contributed by atoms with E-state index in [4.69, 9.17) is 10.00 Å². The smallest absolute Gasteiger partial charge is 0.251 e. The molecule has 0 radical (unpaired) electrons. The molecule has 0 unspecified atom stereocenters. The SMILES string of the molecule is COC1(C)CCN(C(=O)[C@H](CCCN[C@@H]2C[C@H]2c2ccc(F)cc2)NC(=O)c2ccc(C#N)cc2)CC1. The molecule has 0 spiro atoms. The van der Waals surface area contributed by atoms with Gasteiger partial charge in [0.2, 0.25) is 5.91 Å². The van der Waals surface area contributed by atoms with E-state index in [2.05, 4.69) is 17.6 Å². The minimum atomic E-state index is -0.635. The molecule has 7 nitrogen and oxygen atoms in total. The van der Waals surface area contributed by atoms with Gasteiger partial charge in [0.15, 0.2) is 0 Å². The quantitative estimate of drug-likeness (QED) is 0.479. The van der Waals surface area contributed by atoms with E-state index in [0.29, 0.717) is 42.6 Å². The van der Waals surface area contributed by atoms with Crippen molar-refractivity contribution in [2.24, 2.45) is 0 Å². The van der Waals surface area contributed by atoms with Gasteiger partial charge in [0.25, 0.3) is 5.91 Å². The summed E-state index contributed by atoms with van der Waals surface area (Å²) in [5.74, 6) is -0.241. The van der Waals surface area contributed by atoms with Gasteiger partial charge < -0.3 is 20.3 Å². The summed E-state index contributed by atoms with van der Waals surface area (Å²) < 4.78 is 18.8. The van der Waals surface area contributed by atoms with Gasteiger partial charge in [0, 0.05) is 37.7 Å². The largest absolute Gasteiger partial charge is 0.378 e. The van der Waals surface area contributed by atoms with Gasteiger partial charge >= 0.3 is 0 Å². The molecule has 2 aromatic rings. The number of amides is 2. The molecule has 1 saturated carbocycles. The lowest BCUT2D eigenvalue weighted by Crippen LogP contribution is -2.53. The summed E-state index contributed by atoms with van der Waals surface area (Å²) in [6.07, 6.45) is 3.74. The molecule has 0 aromatic heterocycles. The average molecular weight is 507 g/mol. The summed E-state index contributed by atoms with van der Waals surface area (Å²) in [7, 11) is 1.70. The van der Waals surface area contributed by atoms with Crippen LogP contribution in [-0.4, -0.2) is 61.1 Å². The first-order valence-corrected chi connectivity index (χ1v) is 13.0. The normalized spacial score (nSPS) is 21.1. The molecular formula is C29H35FN4O3. The Morgan fingerprint density at radius 1 is 1.16 bits per heavy atom. The summed E-state index contributed by atoms with van der Waals surface area (Å²) in [4.78, 5) is 28.2. The Morgan fingerprint density at radius 2 is 1.84 bits per heavy atom. The monoisotopic (exact) mass is 506 g/mol. The summed E-state index contributed by atoms with van der Waals surface area (Å²) in [6, 6.07) is 14.8. The predicted molar refractivity (Wildman–Crippen MR) is 138 cm³/mol. The standard InChI is InChI=1S/C29H35FN4O3/c1-29(37-2)13-16-34(17-14-29)28(36)25(33-27(35)22-7-5-20(19-31)6-8-22)4-3-15-32-26-18-24(26)21-9-11-23(30)12-10-21/h5-12,24-26,32H,3-4,13-18H2,1-2H3,(H,33,35)/t24-,25-,26+/m0/s1. The summed E-state index contributed by atoms with van der Waals surface area (Å²) >= 11 is 0. The number of hydrogen-bond acceptors (Lipinski definition) is 5. The molecule has 0 bridgehead atoms. The highest BCUT2D eigenvalue weighted by atomic mass is 19.1. The minimum Gasteiger partial charge on any atom is -0.378 e. The highest BCUT2D eigenvalue weighted by molar-refractivity contribution is 5.97. The number of rotatable bonds is 10. The molecule has 1 saturated heterocycles. The maximum atomic E-state index is 13.4. The molecule has 2 amide bonds. The Kier molecular flexibility index (Phi) is 8.57. The zero-order valence-electron chi connectivity index (χ0n) is 21.5. The highest BCUT2D eigenvalue weighted by Gasteiger charge is 2.38. The van der Waals surface area contributed by atoms with Crippen LogP contribution < -0.4 is 10.6 Å². The predicted octanol–water partition coefficient (Wildman–Crippen LogP) is 3.75. The van der Waals surface area contributed by atoms with Crippen molar-refractivity contribution in [2.45, 2.75) is 62.6 Å². The summed E-state index contributed by atoms with van der Waals surface area (Å²) in [5, 5.41) is 15.5. The number of methoxy groups -OCH3 is 1. The van der Waals surface area contributed by atoms with Gasteiger partial charge in [-0.05, 0) is 87.5 Å². The number of carbonyl (C=O) groups excluding carboxylic acids is 2. The van der Waals surface area contributed by atoms with Crippen LogP contribution in [0.4, 0.5) is 4.39 Å². The van der Waals surface area contributed by atoms with Crippen LogP contribution in [0.2, 0.25) is 0 Å². The molecule has 8 heteroatoms. The fraction of sp³-hybridized carbons (Fsp3) is 0.483. The summed E-state index contributed by atoms with van der Waals surface area (Å²) in [6.45, 7) is 3.96. The number of halogens is 1. The number of ether oxygens (including phenoxy) is 1. The van der Waals surface area contributed by atoms with E-state index in [9.17, 15) is 14.0 Å². The number of piperidine rings is 1. The molecule has 2 aromatic carbocycles. The molecule has 37 heavy (non-hydrogen) atoms. The van der Waals surface area contributed by atoms with Crippen molar-refractivity contribution in [3.05, 3.63) is 71.0 Å². The number of nitrogens with zero attached hydrogens (tertiary/aromatic N) is 2. The van der Waals surface area contributed by atoms with E-state index in [1.54, 1.807) is 31.4 Å². The number of benzene rings is 2. The van der Waals surface area contributed by atoms with E-state index in [0.717, 1.165) is 37.8 Å². The van der Waals surface area contributed by atoms with Gasteiger partial charge in [0.1, 0.15) is 11.9 Å². The molecule has 2 N–H and O–H groups in total. The molecule has 2 fully saturated rings. The fourth-order valence-corrected chi connectivity index (χ4v) is 4.91. The first-order chi connectivity index (χ1) is 17.8. The Morgan fingerprint density at radius 3 is 2.46 bits per heavy atom. The number of nitrogens with one attached hydrogen (secondary N) is 2. The molecular weight excluding hydrogens is 471 g/mol. The second kappa shape index (κ2) is 11.8. The van der Waals surface area contributed by atoms with Crippen LogP contribution in [0, 0.1) is 17.1 Å². The topological polar surface area (TPSA) is 94.5 Å². The zero-order valence-corrected chi connectivity index (χ0v) is 21.5. The molecule has 196 valence electrons. The summed E-state index contributed by atoms with van der Waals surface area (Å²) in [5.41, 5.74) is 1.80. The average Bonchev–Trinajstić information content (AvgIpc) is 3.70. The third-order valence-corrected chi connectivity index (χ3v) is 7.67. The van der Waals surface area contributed by atoms with Crippen molar-refractivity contribution >= 4 is 11.8 Å². The van der Waals surface area contributed by atoms with E-state index in [1.165, 1.54) is 12.1 Å². The Bertz CT molecular complexity index is 1120. The van der Waals surface area contributed by atoms with Crippen molar-refractivity contribution in [1.29, 1.82) is 5.26 Å². The lowest BCUT2D eigenvalue weighted by Gasteiger charge is -2.39. The van der Waals surface area contributed by atoms with Gasteiger partial charge in [-0.3, -0.25) is 9.59 Å². The Hall–Kier alpha value is -3.28. The lowest BCUT2D eigenvalue weighted by atomic mass is 9.93. The van der Waals surface area contributed by atoms with Crippen LogP contribution in [0.5, 0.6) is 0 Å². The van der Waals surface area contributed by atoms with Crippen molar-refractivity contribution in [3.8, 4) is 6.07 Å². The highest BCUT2D eigenvalue weighted by Crippen LogP contribution is 2.40. The molecule has 4 rings (SSSR count). The maximum absolute atomic E-state index is 13.4.